The van der Waals surface area contributed by atoms with E-state index >= 15 is 0 Å². The van der Waals surface area contributed by atoms with E-state index in [0.717, 1.165) is 31.6 Å². The Morgan fingerprint density at radius 3 is 2.69 bits per heavy atom. The maximum atomic E-state index is 11.6. The van der Waals surface area contributed by atoms with Crippen molar-refractivity contribution in [3.05, 3.63) is 28.2 Å². The monoisotopic (exact) mass is 222 g/mol. The summed E-state index contributed by atoms with van der Waals surface area (Å²) in [6, 6.07) is 3.48. The van der Waals surface area contributed by atoms with Crippen molar-refractivity contribution in [2.24, 2.45) is 7.05 Å². The van der Waals surface area contributed by atoms with Crippen molar-refractivity contribution in [1.82, 2.24) is 9.88 Å². The molecule has 1 saturated heterocycles. The molecular formula is C12H18N2O2. The van der Waals surface area contributed by atoms with Crippen molar-refractivity contribution in [2.45, 2.75) is 25.9 Å². The van der Waals surface area contributed by atoms with Gasteiger partial charge in [-0.05, 0) is 38.9 Å². The molecule has 1 fully saturated rings. The van der Waals surface area contributed by atoms with Crippen LogP contribution in [0.1, 0.15) is 18.5 Å². The van der Waals surface area contributed by atoms with Gasteiger partial charge in [-0.15, -0.1) is 0 Å². The highest BCUT2D eigenvalue weighted by Crippen LogP contribution is 2.15. The normalized spacial score (nSPS) is 17.4. The van der Waals surface area contributed by atoms with Crippen LogP contribution in [-0.2, 0) is 7.05 Å². The van der Waals surface area contributed by atoms with Gasteiger partial charge in [0, 0.05) is 18.8 Å². The van der Waals surface area contributed by atoms with E-state index in [2.05, 4.69) is 5.32 Å². The summed E-state index contributed by atoms with van der Waals surface area (Å²) >= 11 is 0. The van der Waals surface area contributed by atoms with Crippen LogP contribution in [0.3, 0.4) is 0 Å². The van der Waals surface area contributed by atoms with Gasteiger partial charge in [0.25, 0.3) is 5.56 Å². The number of aryl methyl sites for hydroxylation is 1. The Bertz CT molecular complexity index is 420. The van der Waals surface area contributed by atoms with Gasteiger partial charge in [-0.25, -0.2) is 0 Å². The van der Waals surface area contributed by atoms with Gasteiger partial charge in [0.15, 0.2) is 0 Å². The minimum absolute atomic E-state index is 0.0102. The lowest BCUT2D eigenvalue weighted by Gasteiger charge is -2.24. The second kappa shape index (κ2) is 4.70. The summed E-state index contributed by atoms with van der Waals surface area (Å²) in [7, 11) is 1.77. The molecule has 2 heterocycles. The zero-order valence-corrected chi connectivity index (χ0v) is 9.82. The summed E-state index contributed by atoms with van der Waals surface area (Å²) in [6.07, 6.45) is 2.26. The van der Waals surface area contributed by atoms with Crippen LogP contribution in [0.2, 0.25) is 0 Å². The summed E-state index contributed by atoms with van der Waals surface area (Å²) in [6.45, 7) is 3.90. The van der Waals surface area contributed by atoms with Gasteiger partial charge in [0.2, 0.25) is 0 Å². The summed E-state index contributed by atoms with van der Waals surface area (Å²) < 4.78 is 7.44. The van der Waals surface area contributed by atoms with Gasteiger partial charge in [-0.1, -0.05) is 0 Å². The molecule has 0 aliphatic carbocycles. The van der Waals surface area contributed by atoms with E-state index in [1.54, 1.807) is 17.7 Å². The Morgan fingerprint density at radius 1 is 1.38 bits per heavy atom. The zero-order valence-electron chi connectivity index (χ0n) is 9.82. The van der Waals surface area contributed by atoms with Gasteiger partial charge >= 0.3 is 0 Å². The Balaban J connectivity index is 2.12. The van der Waals surface area contributed by atoms with Crippen LogP contribution in [-0.4, -0.2) is 23.8 Å². The van der Waals surface area contributed by atoms with Crippen LogP contribution in [0, 0.1) is 6.92 Å². The van der Waals surface area contributed by atoms with Gasteiger partial charge in [-0.3, -0.25) is 4.79 Å². The van der Waals surface area contributed by atoms with Crippen molar-refractivity contribution in [3.63, 3.8) is 0 Å². The smallest absolute Gasteiger partial charge is 0.254 e. The number of hydrogen-bond acceptors (Lipinski definition) is 3. The molecule has 88 valence electrons. The number of ether oxygens (including phenoxy) is 1. The van der Waals surface area contributed by atoms with Crippen LogP contribution >= 0.6 is 0 Å². The lowest BCUT2D eigenvalue weighted by Crippen LogP contribution is -2.34. The lowest BCUT2D eigenvalue weighted by atomic mass is 10.1. The van der Waals surface area contributed by atoms with Gasteiger partial charge < -0.3 is 14.6 Å². The largest absolute Gasteiger partial charge is 0.490 e. The third-order valence-corrected chi connectivity index (χ3v) is 3.07. The molecule has 4 nitrogen and oxygen atoms in total. The first-order valence-corrected chi connectivity index (χ1v) is 5.72. The minimum Gasteiger partial charge on any atom is -0.490 e. The van der Waals surface area contributed by atoms with E-state index in [-0.39, 0.29) is 11.7 Å². The molecule has 1 N–H and O–H groups in total. The average molecular weight is 222 g/mol. The van der Waals surface area contributed by atoms with Crippen molar-refractivity contribution in [3.8, 4) is 5.75 Å². The van der Waals surface area contributed by atoms with Crippen molar-refractivity contribution < 1.29 is 4.74 Å². The van der Waals surface area contributed by atoms with E-state index < -0.39 is 0 Å². The Hall–Kier alpha value is -1.29. The molecule has 4 heteroatoms. The Kier molecular flexibility index (Phi) is 3.29. The molecule has 1 aliphatic rings. The highest BCUT2D eigenvalue weighted by molar-refractivity contribution is 5.23. The molecule has 0 atom stereocenters. The SMILES string of the molecule is Cc1cc(OC2CCNCC2)cc(=O)n1C. The van der Waals surface area contributed by atoms with E-state index in [4.69, 9.17) is 4.74 Å². The topological polar surface area (TPSA) is 43.3 Å². The summed E-state index contributed by atoms with van der Waals surface area (Å²) in [5, 5.41) is 3.29. The van der Waals surface area contributed by atoms with Gasteiger partial charge in [-0.2, -0.15) is 0 Å². The molecule has 0 aromatic carbocycles. The first-order chi connectivity index (χ1) is 7.66. The van der Waals surface area contributed by atoms with E-state index in [0.29, 0.717) is 5.75 Å². The predicted octanol–water partition coefficient (Wildman–Crippen LogP) is 0.825. The molecule has 1 aromatic rings. The molecule has 1 aromatic heterocycles. The maximum absolute atomic E-state index is 11.6. The standard InChI is InChI=1S/C12H18N2O2/c1-9-7-11(8-12(15)14(9)2)16-10-3-5-13-6-4-10/h7-8,10,13H,3-6H2,1-2H3. The Morgan fingerprint density at radius 2 is 2.06 bits per heavy atom. The molecule has 0 spiro atoms. The highest BCUT2D eigenvalue weighted by Gasteiger charge is 2.14. The number of hydrogen-bond donors (Lipinski definition) is 1. The zero-order chi connectivity index (χ0) is 11.5. The first kappa shape index (κ1) is 11.2. The van der Waals surface area contributed by atoms with Crippen LogP contribution in [0.5, 0.6) is 5.75 Å². The van der Waals surface area contributed by atoms with E-state index in [1.165, 1.54) is 0 Å². The number of nitrogens with zero attached hydrogens (tertiary/aromatic N) is 1. The molecule has 2 rings (SSSR count). The number of pyridine rings is 1. The summed E-state index contributed by atoms with van der Waals surface area (Å²) in [5.74, 6) is 0.701. The minimum atomic E-state index is -0.0102. The lowest BCUT2D eigenvalue weighted by molar-refractivity contribution is 0.162. The van der Waals surface area contributed by atoms with Crippen LogP contribution in [0.15, 0.2) is 16.9 Å². The number of rotatable bonds is 2. The maximum Gasteiger partial charge on any atom is 0.254 e. The molecule has 0 saturated carbocycles. The molecule has 16 heavy (non-hydrogen) atoms. The predicted molar refractivity (Wildman–Crippen MR) is 62.9 cm³/mol. The van der Waals surface area contributed by atoms with Crippen molar-refractivity contribution in [2.75, 3.05) is 13.1 Å². The second-order valence-electron chi connectivity index (χ2n) is 4.30. The van der Waals surface area contributed by atoms with Gasteiger partial charge in [0.05, 0.1) is 0 Å². The van der Waals surface area contributed by atoms with Crippen molar-refractivity contribution >= 4 is 0 Å². The second-order valence-corrected chi connectivity index (χ2v) is 4.30. The van der Waals surface area contributed by atoms with E-state index in [9.17, 15) is 4.79 Å². The van der Waals surface area contributed by atoms with Crippen LogP contribution < -0.4 is 15.6 Å². The van der Waals surface area contributed by atoms with Crippen LogP contribution in [0.4, 0.5) is 0 Å². The fourth-order valence-corrected chi connectivity index (χ4v) is 1.91. The molecule has 0 amide bonds. The van der Waals surface area contributed by atoms with Gasteiger partial charge in [0.1, 0.15) is 11.9 Å². The van der Waals surface area contributed by atoms with Crippen LogP contribution in [0.25, 0.3) is 0 Å². The third-order valence-electron chi connectivity index (χ3n) is 3.07. The number of nitrogens with one attached hydrogen (secondary N) is 1. The molecule has 0 radical (unpaired) electrons. The molecule has 0 unspecified atom stereocenters. The first-order valence-electron chi connectivity index (χ1n) is 5.72. The van der Waals surface area contributed by atoms with E-state index in [1.807, 2.05) is 13.0 Å². The average Bonchev–Trinajstić information content (AvgIpc) is 2.27. The molecule has 0 bridgehead atoms. The highest BCUT2D eigenvalue weighted by atomic mass is 16.5. The fourth-order valence-electron chi connectivity index (χ4n) is 1.91. The molecule has 1 aliphatic heterocycles. The molecular weight excluding hydrogens is 204 g/mol. The Labute approximate surface area is 95.2 Å². The number of aromatic nitrogens is 1. The quantitative estimate of drug-likeness (QED) is 0.806. The third kappa shape index (κ3) is 2.44. The summed E-state index contributed by atoms with van der Waals surface area (Å²) in [4.78, 5) is 11.6. The fraction of sp³-hybridized carbons (Fsp3) is 0.583. The summed E-state index contributed by atoms with van der Waals surface area (Å²) in [5.41, 5.74) is 0.917. The van der Waals surface area contributed by atoms with Crippen molar-refractivity contribution in [1.29, 1.82) is 0 Å². The number of piperidine rings is 1.